The van der Waals surface area contributed by atoms with Crippen molar-refractivity contribution in [1.82, 2.24) is 4.72 Å². The van der Waals surface area contributed by atoms with Gasteiger partial charge in [0, 0.05) is 7.11 Å². The molecule has 0 amide bonds. The first kappa shape index (κ1) is 16.9. The number of aromatic carboxylic acids is 1. The van der Waals surface area contributed by atoms with E-state index in [0.29, 0.717) is 5.56 Å². The van der Waals surface area contributed by atoms with Crippen molar-refractivity contribution in [3.05, 3.63) is 29.3 Å². The summed E-state index contributed by atoms with van der Waals surface area (Å²) in [6.45, 7) is 3.76. The van der Waals surface area contributed by atoms with Crippen LogP contribution in [0.5, 0.6) is 0 Å². The minimum atomic E-state index is -3.82. The van der Waals surface area contributed by atoms with E-state index in [0.717, 1.165) is 12.8 Å². The van der Waals surface area contributed by atoms with Gasteiger partial charge in [-0.25, -0.2) is 17.9 Å². The molecule has 1 fully saturated rings. The molecule has 0 radical (unpaired) electrons. The number of nitrogens with one attached hydrogen (secondary N) is 1. The van der Waals surface area contributed by atoms with Crippen molar-refractivity contribution in [2.75, 3.05) is 13.7 Å². The monoisotopic (exact) mass is 327 g/mol. The summed E-state index contributed by atoms with van der Waals surface area (Å²) in [7, 11) is -2.29. The van der Waals surface area contributed by atoms with E-state index in [-0.39, 0.29) is 23.0 Å². The molecule has 0 aromatic heterocycles. The molecule has 0 bridgehead atoms. The zero-order valence-electron chi connectivity index (χ0n) is 12.9. The molecule has 2 rings (SSSR count). The first-order chi connectivity index (χ1) is 10.2. The molecular weight excluding hydrogens is 306 g/mol. The lowest BCUT2D eigenvalue weighted by Crippen LogP contribution is -2.51. The Labute approximate surface area is 130 Å². The Kier molecular flexibility index (Phi) is 4.60. The standard InChI is InChI=1S/C15H21NO5S/c1-10-6-11(14(17)18)8-13(7-10)22(19,20)16-15(2,9-21-3)12-4-5-12/h6-8,12,16H,4-5,9H2,1-3H3,(H,17,18). The van der Waals surface area contributed by atoms with Crippen LogP contribution in [0.2, 0.25) is 0 Å². The lowest BCUT2D eigenvalue weighted by atomic mass is 9.99. The van der Waals surface area contributed by atoms with Crippen molar-refractivity contribution >= 4 is 16.0 Å². The van der Waals surface area contributed by atoms with Crippen molar-refractivity contribution in [2.45, 2.75) is 37.1 Å². The Hall–Kier alpha value is -1.44. The molecule has 1 aromatic carbocycles. The number of carboxylic acid groups (broad SMARTS) is 1. The number of methoxy groups -OCH3 is 1. The number of hydrogen-bond donors (Lipinski definition) is 2. The fourth-order valence-electron chi connectivity index (χ4n) is 2.64. The van der Waals surface area contributed by atoms with Crippen LogP contribution in [-0.2, 0) is 14.8 Å². The quantitative estimate of drug-likeness (QED) is 0.796. The molecule has 0 aliphatic heterocycles. The summed E-state index contributed by atoms with van der Waals surface area (Å²) >= 11 is 0. The smallest absolute Gasteiger partial charge is 0.335 e. The highest BCUT2D eigenvalue weighted by Gasteiger charge is 2.44. The van der Waals surface area contributed by atoms with Gasteiger partial charge < -0.3 is 9.84 Å². The van der Waals surface area contributed by atoms with Gasteiger partial charge >= 0.3 is 5.97 Å². The molecule has 1 atom stereocenters. The second-order valence-electron chi connectivity index (χ2n) is 6.07. The van der Waals surface area contributed by atoms with E-state index in [1.54, 1.807) is 6.92 Å². The van der Waals surface area contributed by atoms with Gasteiger partial charge in [0.15, 0.2) is 0 Å². The maximum absolute atomic E-state index is 12.6. The number of carbonyl (C=O) groups is 1. The van der Waals surface area contributed by atoms with E-state index in [4.69, 9.17) is 9.84 Å². The van der Waals surface area contributed by atoms with Crippen LogP contribution in [0.3, 0.4) is 0 Å². The molecule has 1 aliphatic carbocycles. The maximum Gasteiger partial charge on any atom is 0.335 e. The van der Waals surface area contributed by atoms with Gasteiger partial charge in [-0.1, -0.05) is 0 Å². The number of ether oxygens (including phenoxy) is 1. The molecule has 122 valence electrons. The lowest BCUT2D eigenvalue weighted by Gasteiger charge is -2.30. The highest BCUT2D eigenvalue weighted by Crippen LogP contribution is 2.40. The van der Waals surface area contributed by atoms with Gasteiger partial charge in [-0.2, -0.15) is 0 Å². The molecule has 22 heavy (non-hydrogen) atoms. The minimum Gasteiger partial charge on any atom is -0.478 e. The highest BCUT2D eigenvalue weighted by atomic mass is 32.2. The lowest BCUT2D eigenvalue weighted by molar-refractivity contribution is 0.0696. The molecule has 7 heteroatoms. The third kappa shape index (κ3) is 3.66. The SMILES string of the molecule is COCC(C)(NS(=O)(=O)c1cc(C)cc(C(=O)O)c1)C1CC1. The van der Waals surface area contributed by atoms with E-state index < -0.39 is 21.5 Å². The molecule has 0 spiro atoms. The van der Waals surface area contributed by atoms with Crippen LogP contribution >= 0.6 is 0 Å². The molecule has 6 nitrogen and oxygen atoms in total. The summed E-state index contributed by atoms with van der Waals surface area (Å²) in [6.07, 6.45) is 1.91. The summed E-state index contributed by atoms with van der Waals surface area (Å²) < 4.78 is 33.1. The number of benzene rings is 1. The molecule has 1 aromatic rings. The van der Waals surface area contributed by atoms with Crippen molar-refractivity contribution in [1.29, 1.82) is 0 Å². The highest BCUT2D eigenvalue weighted by molar-refractivity contribution is 7.89. The number of aryl methyl sites for hydroxylation is 1. The predicted molar refractivity (Wildman–Crippen MR) is 81.5 cm³/mol. The van der Waals surface area contributed by atoms with Gasteiger partial charge in [0.1, 0.15) is 0 Å². The van der Waals surface area contributed by atoms with Gasteiger partial charge in [-0.15, -0.1) is 0 Å². The molecule has 1 unspecified atom stereocenters. The van der Waals surface area contributed by atoms with Gasteiger partial charge in [-0.3, -0.25) is 0 Å². The number of hydrogen-bond acceptors (Lipinski definition) is 4. The van der Waals surface area contributed by atoms with E-state index in [1.165, 1.54) is 25.3 Å². The fraction of sp³-hybridized carbons (Fsp3) is 0.533. The average Bonchev–Trinajstić information content (AvgIpc) is 3.22. The van der Waals surface area contributed by atoms with Crippen molar-refractivity contribution < 1.29 is 23.1 Å². The second-order valence-corrected chi connectivity index (χ2v) is 7.75. The molecule has 2 N–H and O–H groups in total. The Morgan fingerprint density at radius 1 is 1.41 bits per heavy atom. The fourth-order valence-corrected chi connectivity index (χ4v) is 4.22. The topological polar surface area (TPSA) is 92.7 Å². The van der Waals surface area contributed by atoms with Crippen LogP contribution in [0.4, 0.5) is 0 Å². The van der Waals surface area contributed by atoms with Gasteiger partial charge in [-0.05, 0) is 56.4 Å². The van der Waals surface area contributed by atoms with E-state index >= 15 is 0 Å². The first-order valence-corrected chi connectivity index (χ1v) is 8.54. The van der Waals surface area contributed by atoms with Gasteiger partial charge in [0.2, 0.25) is 10.0 Å². The summed E-state index contributed by atoms with van der Waals surface area (Å²) in [5.74, 6) is -0.909. The number of sulfonamides is 1. The largest absolute Gasteiger partial charge is 0.478 e. The molecule has 0 saturated heterocycles. The summed E-state index contributed by atoms with van der Waals surface area (Å²) in [4.78, 5) is 11.1. The molecule has 1 aliphatic rings. The minimum absolute atomic E-state index is 0.0344. The number of carboxylic acids is 1. The molecular formula is C15H21NO5S. The maximum atomic E-state index is 12.6. The van der Waals surface area contributed by atoms with Crippen LogP contribution in [0, 0.1) is 12.8 Å². The third-order valence-corrected chi connectivity index (χ3v) is 5.49. The second kappa shape index (κ2) is 5.98. The third-order valence-electron chi connectivity index (χ3n) is 3.90. The van der Waals surface area contributed by atoms with Crippen LogP contribution in [0.1, 0.15) is 35.7 Å². The molecule has 0 heterocycles. The Bertz CT molecular complexity index is 681. The Morgan fingerprint density at radius 3 is 2.55 bits per heavy atom. The molecule has 1 saturated carbocycles. The van der Waals surface area contributed by atoms with Crippen molar-refractivity contribution in [3.63, 3.8) is 0 Å². The van der Waals surface area contributed by atoms with Crippen LogP contribution in [-0.4, -0.2) is 38.7 Å². The average molecular weight is 327 g/mol. The predicted octanol–water partition coefficient (Wildman–Crippen LogP) is 1.79. The van der Waals surface area contributed by atoms with Crippen LogP contribution in [0.15, 0.2) is 23.1 Å². The van der Waals surface area contributed by atoms with Crippen LogP contribution < -0.4 is 4.72 Å². The Balaban J connectivity index is 2.35. The zero-order valence-corrected chi connectivity index (χ0v) is 13.7. The van der Waals surface area contributed by atoms with Gasteiger partial charge in [0.05, 0.1) is 22.6 Å². The van der Waals surface area contributed by atoms with E-state index in [2.05, 4.69) is 4.72 Å². The first-order valence-electron chi connectivity index (χ1n) is 7.06. The normalized spacial score (nSPS) is 18.0. The van der Waals surface area contributed by atoms with E-state index in [9.17, 15) is 13.2 Å². The van der Waals surface area contributed by atoms with E-state index in [1.807, 2.05) is 6.92 Å². The summed E-state index contributed by atoms with van der Waals surface area (Å²) in [5.41, 5.74) is -0.138. The van der Waals surface area contributed by atoms with Crippen molar-refractivity contribution in [3.8, 4) is 0 Å². The summed E-state index contributed by atoms with van der Waals surface area (Å²) in [5, 5.41) is 9.08. The van der Waals surface area contributed by atoms with Crippen molar-refractivity contribution in [2.24, 2.45) is 5.92 Å². The zero-order chi connectivity index (χ0) is 16.5. The summed E-state index contributed by atoms with van der Waals surface area (Å²) in [6, 6.07) is 4.09. The van der Waals surface area contributed by atoms with Crippen LogP contribution in [0.25, 0.3) is 0 Å². The number of rotatable bonds is 7. The van der Waals surface area contributed by atoms with Gasteiger partial charge in [0.25, 0.3) is 0 Å². The Morgan fingerprint density at radius 2 is 2.05 bits per heavy atom.